The van der Waals surface area contributed by atoms with Crippen LogP contribution in [0.4, 0.5) is 0 Å². The molecule has 0 spiro atoms. The standard InChI is InChI=1S/C70H130O6/c1-4-7-10-13-16-19-21-23-25-27-29-31-32-33-34-35-36-37-38-40-41-43-45-47-49-51-54-57-60-63-69(72)75-66-67(65-74-68(71)62-59-56-53-18-15-12-9-6-3)76-70(73)64-61-58-55-52-50-48-46-44-42-39-30-28-26-24-22-20-17-14-11-8-5-2/h21,23,27-30,67H,4-20,22,24-26,31-66H2,1-3H3/b23-21-,29-27-,30-28-. The van der Waals surface area contributed by atoms with E-state index in [0.29, 0.717) is 19.3 Å². The van der Waals surface area contributed by atoms with Crippen LogP contribution in [0.25, 0.3) is 0 Å². The van der Waals surface area contributed by atoms with Crippen molar-refractivity contribution in [3.63, 3.8) is 0 Å². The quantitative estimate of drug-likeness (QED) is 0.0261. The Labute approximate surface area is 474 Å². The van der Waals surface area contributed by atoms with Crippen LogP contribution in [0.2, 0.25) is 0 Å². The summed E-state index contributed by atoms with van der Waals surface area (Å²) in [6.45, 7) is 6.66. The Bertz CT molecular complexity index is 1270. The lowest BCUT2D eigenvalue weighted by atomic mass is 10.0. The van der Waals surface area contributed by atoms with Crippen molar-refractivity contribution < 1.29 is 28.6 Å². The maximum Gasteiger partial charge on any atom is 0.306 e. The smallest absolute Gasteiger partial charge is 0.306 e. The molecule has 0 radical (unpaired) electrons. The minimum absolute atomic E-state index is 0.0679. The lowest BCUT2D eigenvalue weighted by Crippen LogP contribution is -2.30. The van der Waals surface area contributed by atoms with Crippen molar-refractivity contribution >= 4 is 17.9 Å². The molecule has 76 heavy (non-hydrogen) atoms. The summed E-state index contributed by atoms with van der Waals surface area (Å²) >= 11 is 0. The van der Waals surface area contributed by atoms with E-state index < -0.39 is 6.10 Å². The summed E-state index contributed by atoms with van der Waals surface area (Å²) in [4.78, 5) is 38.2. The Balaban J connectivity index is 4.07. The van der Waals surface area contributed by atoms with E-state index in [9.17, 15) is 14.4 Å². The molecule has 0 heterocycles. The highest BCUT2D eigenvalue weighted by atomic mass is 16.6. The summed E-state index contributed by atoms with van der Waals surface area (Å²) in [6.07, 6.45) is 80.5. The Morgan fingerprint density at radius 1 is 0.263 bits per heavy atom. The number of carbonyl (C=O) groups excluding carboxylic acids is 3. The SMILES string of the molecule is CCCCCCC/C=C\C/C=C\CCCCCCCCCCCCCCCCCCCC(=O)OCC(COC(=O)CCCCCCCCCC)OC(=O)CCCCCCCCCCC/C=C\CCCCCCCCCC. The molecule has 6 heteroatoms. The summed E-state index contributed by atoms with van der Waals surface area (Å²) < 4.78 is 16.9. The van der Waals surface area contributed by atoms with E-state index in [1.807, 2.05) is 0 Å². The van der Waals surface area contributed by atoms with Crippen LogP contribution in [0.15, 0.2) is 36.5 Å². The summed E-state index contributed by atoms with van der Waals surface area (Å²) in [5, 5.41) is 0. The van der Waals surface area contributed by atoms with Crippen molar-refractivity contribution in [2.45, 2.75) is 380 Å². The van der Waals surface area contributed by atoms with Gasteiger partial charge in [0.05, 0.1) is 0 Å². The summed E-state index contributed by atoms with van der Waals surface area (Å²) in [7, 11) is 0. The van der Waals surface area contributed by atoms with Crippen molar-refractivity contribution in [1.29, 1.82) is 0 Å². The fourth-order valence-corrected chi connectivity index (χ4v) is 10.2. The minimum atomic E-state index is -0.769. The maximum absolute atomic E-state index is 12.9. The second-order valence-corrected chi connectivity index (χ2v) is 23.1. The molecule has 0 saturated carbocycles. The molecule has 0 N–H and O–H groups in total. The predicted octanol–water partition coefficient (Wildman–Crippen LogP) is 23.2. The maximum atomic E-state index is 12.9. The van der Waals surface area contributed by atoms with Crippen LogP contribution in [-0.2, 0) is 28.6 Å². The Morgan fingerprint density at radius 3 is 0.737 bits per heavy atom. The first-order chi connectivity index (χ1) is 37.5. The highest BCUT2D eigenvalue weighted by Crippen LogP contribution is 2.18. The van der Waals surface area contributed by atoms with Crippen LogP contribution < -0.4 is 0 Å². The van der Waals surface area contributed by atoms with Crippen LogP contribution in [0, 0.1) is 0 Å². The Morgan fingerprint density at radius 2 is 0.474 bits per heavy atom. The van der Waals surface area contributed by atoms with E-state index in [-0.39, 0.29) is 31.1 Å². The number of rotatable bonds is 63. The molecule has 0 aliphatic carbocycles. The summed E-state index contributed by atoms with van der Waals surface area (Å²) in [6, 6.07) is 0. The van der Waals surface area contributed by atoms with Crippen molar-refractivity contribution in [2.24, 2.45) is 0 Å². The molecule has 6 nitrogen and oxygen atoms in total. The van der Waals surface area contributed by atoms with Gasteiger partial charge in [-0.3, -0.25) is 14.4 Å². The first-order valence-corrected chi connectivity index (χ1v) is 34.0. The minimum Gasteiger partial charge on any atom is -0.462 e. The van der Waals surface area contributed by atoms with Crippen molar-refractivity contribution in [3.05, 3.63) is 36.5 Å². The molecule has 0 aromatic rings. The fraction of sp³-hybridized carbons (Fsp3) is 0.871. The zero-order chi connectivity index (χ0) is 55.0. The van der Waals surface area contributed by atoms with E-state index in [0.717, 1.165) is 64.2 Å². The van der Waals surface area contributed by atoms with Gasteiger partial charge in [0.25, 0.3) is 0 Å². The van der Waals surface area contributed by atoms with Crippen LogP contribution >= 0.6 is 0 Å². The third-order valence-corrected chi connectivity index (χ3v) is 15.4. The number of ether oxygens (including phenoxy) is 3. The molecule has 0 fully saturated rings. The van der Waals surface area contributed by atoms with Crippen molar-refractivity contribution in [3.8, 4) is 0 Å². The topological polar surface area (TPSA) is 78.9 Å². The number of unbranched alkanes of at least 4 members (excludes halogenated alkanes) is 46. The second kappa shape index (κ2) is 65.2. The van der Waals surface area contributed by atoms with E-state index in [1.165, 1.54) is 270 Å². The molecule has 446 valence electrons. The van der Waals surface area contributed by atoms with Crippen LogP contribution in [0.3, 0.4) is 0 Å². The Kier molecular flexibility index (Phi) is 63.1. The lowest BCUT2D eigenvalue weighted by Gasteiger charge is -2.18. The van der Waals surface area contributed by atoms with Gasteiger partial charge in [0, 0.05) is 19.3 Å². The monoisotopic (exact) mass is 1070 g/mol. The number of carbonyl (C=O) groups is 3. The first kappa shape index (κ1) is 73.6. The van der Waals surface area contributed by atoms with E-state index in [1.54, 1.807) is 0 Å². The van der Waals surface area contributed by atoms with Crippen molar-refractivity contribution in [2.75, 3.05) is 13.2 Å². The third kappa shape index (κ3) is 62.5. The predicted molar refractivity (Wildman–Crippen MR) is 330 cm³/mol. The molecule has 0 bridgehead atoms. The van der Waals surface area contributed by atoms with Crippen LogP contribution in [-0.4, -0.2) is 37.2 Å². The van der Waals surface area contributed by atoms with E-state index in [4.69, 9.17) is 14.2 Å². The zero-order valence-electron chi connectivity index (χ0n) is 51.3. The molecule has 0 rings (SSSR count). The molecule has 0 aromatic heterocycles. The highest BCUT2D eigenvalue weighted by molar-refractivity contribution is 5.71. The van der Waals surface area contributed by atoms with Gasteiger partial charge >= 0.3 is 17.9 Å². The van der Waals surface area contributed by atoms with Gasteiger partial charge in [-0.15, -0.1) is 0 Å². The van der Waals surface area contributed by atoms with Gasteiger partial charge in [0.1, 0.15) is 13.2 Å². The van der Waals surface area contributed by atoms with Gasteiger partial charge in [0.2, 0.25) is 0 Å². The van der Waals surface area contributed by atoms with Gasteiger partial charge in [0.15, 0.2) is 6.10 Å². The highest BCUT2D eigenvalue weighted by Gasteiger charge is 2.19. The van der Waals surface area contributed by atoms with Crippen molar-refractivity contribution in [1.82, 2.24) is 0 Å². The van der Waals surface area contributed by atoms with Gasteiger partial charge in [-0.05, 0) is 77.0 Å². The summed E-state index contributed by atoms with van der Waals surface area (Å²) in [5.41, 5.74) is 0. The number of allylic oxidation sites excluding steroid dienone is 6. The van der Waals surface area contributed by atoms with Gasteiger partial charge in [-0.1, -0.05) is 314 Å². The average Bonchev–Trinajstić information content (AvgIpc) is 3.42. The molecule has 0 amide bonds. The molecule has 0 saturated heterocycles. The van der Waals surface area contributed by atoms with Gasteiger partial charge in [-0.2, -0.15) is 0 Å². The van der Waals surface area contributed by atoms with E-state index in [2.05, 4.69) is 57.2 Å². The lowest BCUT2D eigenvalue weighted by molar-refractivity contribution is -0.167. The molecule has 1 unspecified atom stereocenters. The molecule has 1 atom stereocenters. The molecule has 0 aliphatic heterocycles. The van der Waals surface area contributed by atoms with Crippen LogP contribution in [0.1, 0.15) is 374 Å². The molecular weight excluding hydrogens is 937 g/mol. The molecule has 0 aromatic carbocycles. The zero-order valence-corrected chi connectivity index (χ0v) is 51.3. The summed E-state index contributed by atoms with van der Waals surface area (Å²) in [5.74, 6) is -0.850. The van der Waals surface area contributed by atoms with E-state index >= 15 is 0 Å². The van der Waals surface area contributed by atoms with Gasteiger partial charge in [-0.25, -0.2) is 0 Å². The number of hydrogen-bond acceptors (Lipinski definition) is 6. The largest absolute Gasteiger partial charge is 0.462 e. The third-order valence-electron chi connectivity index (χ3n) is 15.4. The number of hydrogen-bond donors (Lipinski definition) is 0. The first-order valence-electron chi connectivity index (χ1n) is 34.0. The molecular formula is C70H130O6. The van der Waals surface area contributed by atoms with Crippen LogP contribution in [0.5, 0.6) is 0 Å². The molecule has 0 aliphatic rings. The average molecular weight is 1070 g/mol. The Hall–Kier alpha value is -2.37. The fourth-order valence-electron chi connectivity index (χ4n) is 10.2. The van der Waals surface area contributed by atoms with Gasteiger partial charge < -0.3 is 14.2 Å². The normalized spacial score (nSPS) is 12.2. The number of esters is 3. The second-order valence-electron chi connectivity index (χ2n) is 23.1.